The molecule has 1 aromatic carbocycles. The fourth-order valence-electron chi connectivity index (χ4n) is 3.41. The highest BCUT2D eigenvalue weighted by Gasteiger charge is 2.34. The summed E-state index contributed by atoms with van der Waals surface area (Å²) in [6.45, 7) is 0. The van der Waals surface area contributed by atoms with Gasteiger partial charge in [-0.2, -0.15) is 13.2 Å². The molecule has 4 rings (SSSR count). The number of pyridine rings is 2. The predicted octanol–water partition coefficient (Wildman–Crippen LogP) is 4.65. The number of halogens is 4. The fraction of sp³-hybridized carbons (Fsp3) is 0.182. The molecule has 3 aromatic rings. The number of amides is 2. The summed E-state index contributed by atoms with van der Waals surface area (Å²) in [5, 5.41) is 10.8. The van der Waals surface area contributed by atoms with Crippen molar-refractivity contribution < 1.29 is 22.8 Å². The van der Waals surface area contributed by atoms with Crippen LogP contribution < -0.4 is 21.3 Å². The highest BCUT2D eigenvalue weighted by atomic mass is 35.5. The van der Waals surface area contributed by atoms with Crippen LogP contribution in [0.3, 0.4) is 0 Å². The van der Waals surface area contributed by atoms with Gasteiger partial charge in [-0.1, -0.05) is 0 Å². The zero-order valence-corrected chi connectivity index (χ0v) is 18.6. The van der Waals surface area contributed by atoms with E-state index in [1.807, 2.05) is 6.07 Å². The van der Waals surface area contributed by atoms with Crippen molar-refractivity contribution in [2.75, 3.05) is 23.0 Å². The first-order valence-electron chi connectivity index (χ1n) is 9.96. The molecule has 8 nitrogen and oxygen atoms in total. The topological polar surface area (TPSA) is 108 Å². The second-order valence-corrected chi connectivity index (χ2v) is 7.26. The van der Waals surface area contributed by atoms with Crippen LogP contribution in [0.15, 0.2) is 48.8 Å². The minimum Gasteiger partial charge on any atom is -0.354 e. The molecule has 0 aliphatic carbocycles. The molecule has 0 atom stereocenters. The molecule has 2 aromatic heterocycles. The summed E-state index contributed by atoms with van der Waals surface area (Å²) in [4.78, 5) is 31.4. The van der Waals surface area contributed by atoms with Crippen molar-refractivity contribution in [2.45, 2.75) is 19.0 Å². The molecule has 4 N–H and O–H groups in total. The Morgan fingerprint density at radius 1 is 1.06 bits per heavy atom. The first-order valence-corrected chi connectivity index (χ1v) is 9.96. The molecular weight excluding hydrogens is 473 g/mol. The molecule has 12 heteroatoms. The third-order valence-electron chi connectivity index (χ3n) is 5.00. The van der Waals surface area contributed by atoms with Crippen molar-refractivity contribution in [3.05, 3.63) is 65.6 Å². The summed E-state index contributed by atoms with van der Waals surface area (Å²) >= 11 is 0. The monoisotopic (exact) mass is 492 g/mol. The van der Waals surface area contributed by atoms with Gasteiger partial charge in [0.25, 0.3) is 5.91 Å². The van der Waals surface area contributed by atoms with E-state index in [9.17, 15) is 22.8 Å². The lowest BCUT2D eigenvalue weighted by molar-refractivity contribution is -0.137. The zero-order chi connectivity index (χ0) is 23.6. The van der Waals surface area contributed by atoms with E-state index in [1.54, 1.807) is 12.1 Å². The molecule has 0 fully saturated rings. The van der Waals surface area contributed by atoms with Gasteiger partial charge in [0, 0.05) is 43.3 Å². The number of carbonyl (C=O) groups is 2. The maximum Gasteiger partial charge on any atom is 0.419 e. The lowest BCUT2D eigenvalue weighted by Gasteiger charge is -2.19. The number of benzene rings is 1. The Balaban J connectivity index is 0.00000324. The summed E-state index contributed by atoms with van der Waals surface area (Å²) in [5.41, 5.74) is 1.01. The van der Waals surface area contributed by atoms with Crippen molar-refractivity contribution >= 4 is 52.8 Å². The highest BCUT2D eigenvalue weighted by Crippen LogP contribution is 2.37. The van der Waals surface area contributed by atoms with Gasteiger partial charge in [-0.05, 0) is 42.3 Å². The Morgan fingerprint density at radius 3 is 2.59 bits per heavy atom. The summed E-state index contributed by atoms with van der Waals surface area (Å²) in [5.74, 6) is -0.439. The molecule has 0 saturated heterocycles. The van der Waals surface area contributed by atoms with Gasteiger partial charge >= 0.3 is 6.18 Å². The van der Waals surface area contributed by atoms with Crippen molar-refractivity contribution in [2.24, 2.45) is 0 Å². The summed E-state index contributed by atoms with van der Waals surface area (Å²) in [7, 11) is 1.40. The van der Waals surface area contributed by atoms with Crippen LogP contribution in [-0.4, -0.2) is 28.8 Å². The maximum absolute atomic E-state index is 13.6. The molecule has 3 heterocycles. The van der Waals surface area contributed by atoms with Crippen LogP contribution in [0.1, 0.15) is 28.0 Å². The predicted molar refractivity (Wildman–Crippen MR) is 124 cm³/mol. The van der Waals surface area contributed by atoms with Crippen LogP contribution in [0.4, 0.5) is 41.7 Å². The average Bonchev–Trinajstić information content (AvgIpc) is 2.78. The number of hydrogen-bond donors (Lipinski definition) is 4. The van der Waals surface area contributed by atoms with Gasteiger partial charge in [0.05, 0.1) is 16.9 Å². The molecule has 1 aliphatic heterocycles. The van der Waals surface area contributed by atoms with Gasteiger partial charge in [-0.3, -0.25) is 9.59 Å². The highest BCUT2D eigenvalue weighted by molar-refractivity contribution is 5.98. The summed E-state index contributed by atoms with van der Waals surface area (Å²) in [6, 6.07) is 9.42. The van der Waals surface area contributed by atoms with E-state index in [4.69, 9.17) is 0 Å². The van der Waals surface area contributed by atoms with E-state index in [-0.39, 0.29) is 41.2 Å². The molecule has 178 valence electrons. The van der Waals surface area contributed by atoms with E-state index in [1.165, 1.54) is 31.4 Å². The minimum atomic E-state index is -4.67. The van der Waals surface area contributed by atoms with E-state index in [2.05, 4.69) is 31.2 Å². The number of nitrogens with zero attached hydrogens (tertiary/aromatic N) is 2. The molecule has 34 heavy (non-hydrogen) atoms. The molecule has 0 unspecified atom stereocenters. The van der Waals surface area contributed by atoms with Crippen molar-refractivity contribution in [3.63, 3.8) is 0 Å². The van der Waals surface area contributed by atoms with Crippen molar-refractivity contribution in [1.29, 1.82) is 0 Å². The van der Waals surface area contributed by atoms with Crippen LogP contribution >= 0.6 is 12.4 Å². The molecule has 1 aliphatic rings. The molecule has 2 amide bonds. The van der Waals surface area contributed by atoms with Gasteiger partial charge in [-0.15, -0.1) is 12.4 Å². The number of aromatic nitrogens is 2. The molecule has 0 radical (unpaired) electrons. The van der Waals surface area contributed by atoms with Crippen molar-refractivity contribution in [1.82, 2.24) is 15.3 Å². The molecule has 0 spiro atoms. The smallest absolute Gasteiger partial charge is 0.354 e. The molecular formula is C22H20ClF3N6O2. The number of nitrogens with one attached hydrogen (secondary N) is 4. The Bertz CT molecular complexity index is 1240. The van der Waals surface area contributed by atoms with Crippen LogP contribution in [0.2, 0.25) is 0 Å². The van der Waals surface area contributed by atoms with Crippen LogP contribution in [0.25, 0.3) is 0 Å². The number of rotatable bonds is 5. The van der Waals surface area contributed by atoms with Crippen LogP contribution in [0, 0.1) is 0 Å². The molecule has 0 saturated carbocycles. The van der Waals surface area contributed by atoms with Crippen LogP contribution in [0.5, 0.6) is 0 Å². The first-order chi connectivity index (χ1) is 15.7. The van der Waals surface area contributed by atoms with Crippen LogP contribution in [-0.2, 0) is 17.4 Å². The van der Waals surface area contributed by atoms with Gasteiger partial charge in [0.1, 0.15) is 5.82 Å². The second kappa shape index (κ2) is 9.96. The lowest BCUT2D eigenvalue weighted by atomic mass is 10.0. The van der Waals surface area contributed by atoms with E-state index in [0.717, 1.165) is 11.8 Å². The Labute approximate surface area is 198 Å². The Hall–Kier alpha value is -3.86. The normalized spacial score (nSPS) is 12.6. The lowest BCUT2D eigenvalue weighted by Crippen LogP contribution is -2.21. The second-order valence-electron chi connectivity index (χ2n) is 7.26. The number of aryl methyl sites for hydroxylation is 1. The quantitative estimate of drug-likeness (QED) is 0.413. The number of hydrogen-bond acceptors (Lipinski definition) is 6. The SMILES string of the molecule is CNC(=O)c1ncccc1Nc1cc(Nc2ccc3c(c2)CCC(=O)N3)ncc1C(F)(F)F.Cl. The van der Waals surface area contributed by atoms with Gasteiger partial charge in [0.2, 0.25) is 5.91 Å². The van der Waals surface area contributed by atoms with Gasteiger partial charge < -0.3 is 21.3 Å². The van der Waals surface area contributed by atoms with E-state index >= 15 is 0 Å². The third kappa shape index (κ3) is 5.37. The summed E-state index contributed by atoms with van der Waals surface area (Å²) < 4.78 is 40.9. The van der Waals surface area contributed by atoms with E-state index < -0.39 is 17.6 Å². The number of carbonyl (C=O) groups excluding carboxylic acids is 2. The third-order valence-corrected chi connectivity index (χ3v) is 5.00. The largest absolute Gasteiger partial charge is 0.419 e. The number of anilines is 5. The summed E-state index contributed by atoms with van der Waals surface area (Å²) in [6.07, 6.45) is -1.65. The first kappa shape index (κ1) is 24.8. The van der Waals surface area contributed by atoms with E-state index in [0.29, 0.717) is 24.2 Å². The van der Waals surface area contributed by atoms with Gasteiger partial charge in [-0.25, -0.2) is 9.97 Å². The average molecular weight is 493 g/mol. The maximum atomic E-state index is 13.6. The number of alkyl halides is 3. The standard InChI is InChI=1S/C22H19F3N6O2.ClH/c1-26-21(33)20-16(3-2-8-27-20)30-17-10-18(28-11-14(17)22(23,24)25)29-13-5-6-15-12(9-13)4-7-19(32)31-15;/h2-3,5-6,8-11H,4,7H2,1H3,(H,26,33)(H,31,32)(H2,28,29,30);1H. The molecule has 0 bridgehead atoms. The Kier molecular flexibility index (Phi) is 7.26. The Morgan fingerprint density at radius 2 is 1.85 bits per heavy atom. The minimum absolute atomic E-state index is 0. The number of fused-ring (bicyclic) bond motifs is 1. The zero-order valence-electron chi connectivity index (χ0n) is 17.8. The fourth-order valence-corrected chi connectivity index (χ4v) is 3.41. The van der Waals surface area contributed by atoms with Gasteiger partial charge in [0.15, 0.2) is 5.69 Å². The van der Waals surface area contributed by atoms with Crippen molar-refractivity contribution in [3.8, 4) is 0 Å².